The smallest absolute Gasteiger partial charge is 0.339 e. The first kappa shape index (κ1) is 13.9. The Kier molecular flexibility index (Phi) is 3.80. The van der Waals surface area contributed by atoms with E-state index >= 15 is 0 Å². The summed E-state index contributed by atoms with van der Waals surface area (Å²) in [7, 11) is 0. The van der Waals surface area contributed by atoms with Crippen LogP contribution in [0.3, 0.4) is 0 Å². The number of pyridine rings is 1. The molecule has 0 atom stereocenters. The second-order valence-corrected chi connectivity index (χ2v) is 4.87. The molecule has 2 rings (SSSR count). The predicted octanol–water partition coefficient (Wildman–Crippen LogP) is 4.91. The summed E-state index contributed by atoms with van der Waals surface area (Å²) in [6.07, 6.45) is -2.82. The molecule has 0 unspecified atom stereocenters. The number of anilines is 2. The molecule has 6 heteroatoms. The van der Waals surface area contributed by atoms with E-state index in [1.54, 1.807) is 18.3 Å². The first-order chi connectivity index (χ1) is 8.88. The lowest BCUT2D eigenvalue weighted by Gasteiger charge is -2.14. The molecule has 100 valence electrons. The molecule has 0 radical (unpaired) electrons. The van der Waals surface area contributed by atoms with Crippen molar-refractivity contribution >= 4 is 27.4 Å². The van der Waals surface area contributed by atoms with Crippen molar-refractivity contribution in [2.75, 3.05) is 5.32 Å². The number of benzene rings is 1. The highest BCUT2D eigenvalue weighted by molar-refractivity contribution is 9.10. The Bertz CT molecular complexity index is 597. The summed E-state index contributed by atoms with van der Waals surface area (Å²) >= 11 is 3.27. The van der Waals surface area contributed by atoms with Gasteiger partial charge in [-0.3, -0.25) is 0 Å². The third-order valence-electron chi connectivity index (χ3n) is 2.46. The van der Waals surface area contributed by atoms with Crippen LogP contribution in [-0.4, -0.2) is 4.98 Å². The van der Waals surface area contributed by atoms with Crippen molar-refractivity contribution in [3.63, 3.8) is 0 Å². The summed E-state index contributed by atoms with van der Waals surface area (Å²) in [5.74, 6) is 0.349. The van der Waals surface area contributed by atoms with Crippen LogP contribution in [0.25, 0.3) is 0 Å². The fraction of sp³-hybridized carbons (Fsp3) is 0.154. The number of para-hydroxylation sites is 1. The van der Waals surface area contributed by atoms with Crippen molar-refractivity contribution in [2.45, 2.75) is 13.1 Å². The number of halogens is 4. The average molecular weight is 331 g/mol. The summed E-state index contributed by atoms with van der Waals surface area (Å²) < 4.78 is 39.1. The molecule has 1 N–H and O–H groups in total. The van der Waals surface area contributed by atoms with E-state index in [2.05, 4.69) is 26.2 Å². The molecule has 0 aliphatic heterocycles. The maximum atomic E-state index is 12.8. The van der Waals surface area contributed by atoms with E-state index in [1.807, 2.05) is 6.92 Å². The second kappa shape index (κ2) is 5.21. The Morgan fingerprint density at radius 1 is 1.21 bits per heavy atom. The molecular formula is C13H10BrF3N2. The van der Waals surface area contributed by atoms with Crippen molar-refractivity contribution in [2.24, 2.45) is 0 Å². The van der Waals surface area contributed by atoms with E-state index in [1.165, 1.54) is 12.1 Å². The Morgan fingerprint density at radius 3 is 2.53 bits per heavy atom. The van der Waals surface area contributed by atoms with E-state index in [0.717, 1.165) is 11.6 Å². The standard InChI is InChI=1S/C13H10BrF3N2/c1-8-6-10(14)12(18-7-8)19-11-5-3-2-4-9(11)13(15,16)17/h2-7H,1H3,(H,18,19). The number of hydrogen-bond acceptors (Lipinski definition) is 2. The zero-order chi connectivity index (χ0) is 14.0. The van der Waals surface area contributed by atoms with Gasteiger partial charge >= 0.3 is 6.18 Å². The molecule has 0 fully saturated rings. The van der Waals surface area contributed by atoms with Gasteiger partial charge in [-0.15, -0.1) is 0 Å². The minimum Gasteiger partial charge on any atom is -0.339 e. The van der Waals surface area contributed by atoms with Gasteiger partial charge in [0.1, 0.15) is 5.82 Å². The van der Waals surface area contributed by atoms with E-state index in [9.17, 15) is 13.2 Å². The number of aryl methyl sites for hydroxylation is 1. The van der Waals surface area contributed by atoms with Crippen LogP contribution in [0.15, 0.2) is 41.0 Å². The minimum absolute atomic E-state index is 0.0212. The van der Waals surface area contributed by atoms with Crippen LogP contribution in [-0.2, 0) is 6.18 Å². The Hall–Kier alpha value is -1.56. The van der Waals surface area contributed by atoms with Crippen LogP contribution in [0, 0.1) is 6.92 Å². The number of aromatic nitrogens is 1. The molecule has 0 bridgehead atoms. The van der Waals surface area contributed by atoms with Crippen molar-refractivity contribution < 1.29 is 13.2 Å². The Morgan fingerprint density at radius 2 is 1.89 bits per heavy atom. The van der Waals surface area contributed by atoms with E-state index < -0.39 is 11.7 Å². The molecule has 2 aromatic rings. The zero-order valence-corrected chi connectivity index (χ0v) is 11.5. The molecule has 0 saturated carbocycles. The van der Waals surface area contributed by atoms with E-state index in [0.29, 0.717) is 10.3 Å². The lowest BCUT2D eigenvalue weighted by Crippen LogP contribution is -2.09. The van der Waals surface area contributed by atoms with E-state index in [-0.39, 0.29) is 5.69 Å². The van der Waals surface area contributed by atoms with Crippen LogP contribution in [0.1, 0.15) is 11.1 Å². The van der Waals surface area contributed by atoms with Gasteiger partial charge in [0, 0.05) is 6.20 Å². The molecule has 19 heavy (non-hydrogen) atoms. The molecule has 1 aromatic carbocycles. The monoisotopic (exact) mass is 330 g/mol. The first-order valence-corrected chi connectivity index (χ1v) is 6.22. The van der Waals surface area contributed by atoms with Crippen LogP contribution in [0.4, 0.5) is 24.7 Å². The molecule has 0 amide bonds. The first-order valence-electron chi connectivity index (χ1n) is 5.43. The largest absolute Gasteiger partial charge is 0.418 e. The topological polar surface area (TPSA) is 24.9 Å². The molecule has 0 spiro atoms. The number of nitrogens with one attached hydrogen (secondary N) is 1. The third kappa shape index (κ3) is 3.26. The Labute approximate surface area is 116 Å². The minimum atomic E-state index is -4.40. The molecule has 0 saturated heterocycles. The van der Waals surface area contributed by atoms with Crippen LogP contribution < -0.4 is 5.32 Å². The quantitative estimate of drug-likeness (QED) is 0.845. The third-order valence-corrected chi connectivity index (χ3v) is 3.07. The zero-order valence-electron chi connectivity index (χ0n) is 9.92. The predicted molar refractivity (Wildman–Crippen MR) is 71.4 cm³/mol. The lowest BCUT2D eigenvalue weighted by molar-refractivity contribution is -0.136. The summed E-state index contributed by atoms with van der Waals surface area (Å²) in [4.78, 5) is 4.07. The number of nitrogens with zero attached hydrogens (tertiary/aromatic N) is 1. The van der Waals surface area contributed by atoms with Crippen molar-refractivity contribution in [3.8, 4) is 0 Å². The maximum absolute atomic E-state index is 12.8. The molecule has 0 aliphatic carbocycles. The van der Waals surface area contributed by atoms with Crippen LogP contribution in [0.5, 0.6) is 0 Å². The van der Waals surface area contributed by atoms with Crippen molar-refractivity contribution in [3.05, 3.63) is 52.1 Å². The molecule has 1 aromatic heterocycles. The average Bonchev–Trinajstić information content (AvgIpc) is 2.32. The van der Waals surface area contributed by atoms with Gasteiger partial charge < -0.3 is 5.32 Å². The van der Waals surface area contributed by atoms with Gasteiger partial charge in [0.15, 0.2) is 0 Å². The van der Waals surface area contributed by atoms with Gasteiger partial charge in [0.25, 0.3) is 0 Å². The highest BCUT2D eigenvalue weighted by atomic mass is 79.9. The SMILES string of the molecule is Cc1cnc(Nc2ccccc2C(F)(F)F)c(Br)c1. The normalized spacial score (nSPS) is 11.4. The van der Waals surface area contributed by atoms with Gasteiger partial charge in [-0.2, -0.15) is 13.2 Å². The number of alkyl halides is 3. The maximum Gasteiger partial charge on any atom is 0.418 e. The summed E-state index contributed by atoms with van der Waals surface area (Å²) in [6.45, 7) is 1.85. The van der Waals surface area contributed by atoms with Gasteiger partial charge in [-0.1, -0.05) is 12.1 Å². The van der Waals surface area contributed by atoms with Gasteiger partial charge in [-0.05, 0) is 46.6 Å². The summed E-state index contributed by atoms with van der Waals surface area (Å²) in [5, 5.41) is 2.70. The summed E-state index contributed by atoms with van der Waals surface area (Å²) in [5.41, 5.74) is 0.179. The van der Waals surface area contributed by atoms with Gasteiger partial charge in [0.05, 0.1) is 15.7 Å². The fourth-order valence-electron chi connectivity index (χ4n) is 1.59. The van der Waals surface area contributed by atoms with Crippen LogP contribution >= 0.6 is 15.9 Å². The Balaban J connectivity index is 2.39. The van der Waals surface area contributed by atoms with Crippen molar-refractivity contribution in [1.82, 2.24) is 4.98 Å². The highest BCUT2D eigenvalue weighted by Gasteiger charge is 2.33. The number of hydrogen-bond donors (Lipinski definition) is 1. The fourth-order valence-corrected chi connectivity index (χ4v) is 2.15. The van der Waals surface area contributed by atoms with Gasteiger partial charge in [-0.25, -0.2) is 4.98 Å². The van der Waals surface area contributed by atoms with E-state index in [4.69, 9.17) is 0 Å². The molecule has 0 aliphatic rings. The molecule has 1 heterocycles. The second-order valence-electron chi connectivity index (χ2n) is 4.01. The van der Waals surface area contributed by atoms with Crippen molar-refractivity contribution in [1.29, 1.82) is 0 Å². The summed E-state index contributed by atoms with van der Waals surface area (Å²) in [6, 6.07) is 7.08. The molecular weight excluding hydrogens is 321 g/mol. The molecule has 2 nitrogen and oxygen atoms in total. The number of rotatable bonds is 2. The van der Waals surface area contributed by atoms with Crippen LogP contribution in [0.2, 0.25) is 0 Å². The van der Waals surface area contributed by atoms with Gasteiger partial charge in [0.2, 0.25) is 0 Å². The highest BCUT2D eigenvalue weighted by Crippen LogP contribution is 2.36. The lowest BCUT2D eigenvalue weighted by atomic mass is 10.1.